The third-order valence-corrected chi connectivity index (χ3v) is 4.03. The Morgan fingerprint density at radius 3 is 1.78 bits per heavy atom. The van der Waals surface area contributed by atoms with Crippen LogP contribution in [0.4, 0.5) is 5.69 Å². The Bertz CT molecular complexity index is 774. The van der Waals surface area contributed by atoms with Gasteiger partial charge in [-0.25, -0.2) is 0 Å². The van der Waals surface area contributed by atoms with Crippen molar-refractivity contribution in [3.8, 4) is 0 Å². The zero-order valence-corrected chi connectivity index (χ0v) is 12.8. The highest BCUT2D eigenvalue weighted by Gasteiger charge is 2.26. The predicted molar refractivity (Wildman–Crippen MR) is 91.7 cm³/mol. The monoisotopic (exact) mass is 303 g/mol. The van der Waals surface area contributed by atoms with E-state index in [0.717, 1.165) is 16.7 Å². The molecule has 114 valence electrons. The summed E-state index contributed by atoms with van der Waals surface area (Å²) < 4.78 is 0. The first-order valence-electron chi connectivity index (χ1n) is 7.52. The molecule has 0 saturated carbocycles. The molecule has 0 aliphatic heterocycles. The van der Waals surface area contributed by atoms with Gasteiger partial charge in [-0.2, -0.15) is 0 Å². The van der Waals surface area contributed by atoms with Crippen molar-refractivity contribution >= 4 is 5.69 Å². The van der Waals surface area contributed by atoms with Crippen LogP contribution in [0.5, 0.6) is 0 Å². The Hall–Kier alpha value is -2.94. The fraction of sp³-hybridized carbons (Fsp3) is 0.100. The van der Waals surface area contributed by atoms with E-state index in [2.05, 4.69) is 0 Å². The van der Waals surface area contributed by atoms with Gasteiger partial charge in [-0.05, 0) is 18.1 Å². The molecule has 23 heavy (non-hydrogen) atoms. The first kappa shape index (κ1) is 15.0. The number of hydrogen-bond donors (Lipinski definition) is 0. The van der Waals surface area contributed by atoms with E-state index < -0.39 is 0 Å². The van der Waals surface area contributed by atoms with E-state index in [4.69, 9.17) is 0 Å². The Labute approximate surface area is 135 Å². The normalized spacial score (nSPS) is 10.7. The van der Waals surface area contributed by atoms with Crippen LogP contribution in [0.2, 0.25) is 0 Å². The van der Waals surface area contributed by atoms with Gasteiger partial charge in [0.15, 0.2) is 0 Å². The lowest BCUT2D eigenvalue weighted by Crippen LogP contribution is -2.07. The van der Waals surface area contributed by atoms with Crippen molar-refractivity contribution in [1.82, 2.24) is 0 Å². The second-order valence-corrected chi connectivity index (χ2v) is 5.52. The van der Waals surface area contributed by atoms with Crippen LogP contribution in [-0.4, -0.2) is 4.92 Å². The van der Waals surface area contributed by atoms with Gasteiger partial charge in [0.25, 0.3) is 5.69 Å². The molecule has 0 spiro atoms. The van der Waals surface area contributed by atoms with E-state index in [1.807, 2.05) is 72.8 Å². The van der Waals surface area contributed by atoms with Gasteiger partial charge in [-0.15, -0.1) is 0 Å². The molecule has 0 fully saturated rings. The highest BCUT2D eigenvalue weighted by atomic mass is 16.6. The molecule has 0 radical (unpaired) electrons. The quantitative estimate of drug-likeness (QED) is 0.383. The molecule has 0 bridgehead atoms. The van der Waals surface area contributed by atoms with Crippen LogP contribution in [-0.2, 0) is 0 Å². The molecule has 0 amide bonds. The molecule has 3 rings (SSSR count). The lowest BCUT2D eigenvalue weighted by atomic mass is 9.83. The second-order valence-electron chi connectivity index (χ2n) is 5.52. The fourth-order valence-electron chi connectivity index (χ4n) is 3.01. The molecule has 0 aliphatic rings. The van der Waals surface area contributed by atoms with E-state index in [0.29, 0.717) is 5.56 Å². The highest BCUT2D eigenvalue weighted by molar-refractivity contribution is 5.55. The number of hydrogen-bond acceptors (Lipinski definition) is 2. The summed E-state index contributed by atoms with van der Waals surface area (Å²) in [5.74, 6) is -0.155. The van der Waals surface area contributed by atoms with Crippen LogP contribution < -0.4 is 0 Å². The first-order chi connectivity index (χ1) is 11.2. The second kappa shape index (κ2) is 6.44. The third-order valence-electron chi connectivity index (χ3n) is 4.03. The zero-order valence-electron chi connectivity index (χ0n) is 12.8. The van der Waals surface area contributed by atoms with E-state index >= 15 is 0 Å². The van der Waals surface area contributed by atoms with Gasteiger partial charge in [0.1, 0.15) is 0 Å². The number of nitro groups is 1. The maximum absolute atomic E-state index is 11.6. The largest absolute Gasteiger partial charge is 0.276 e. The van der Waals surface area contributed by atoms with Crippen LogP contribution in [0.3, 0.4) is 0 Å². The summed E-state index contributed by atoms with van der Waals surface area (Å²) >= 11 is 0. The van der Waals surface area contributed by atoms with Crippen molar-refractivity contribution in [2.24, 2.45) is 0 Å². The number of para-hydroxylation sites is 1. The van der Waals surface area contributed by atoms with E-state index in [-0.39, 0.29) is 16.5 Å². The van der Waals surface area contributed by atoms with Crippen molar-refractivity contribution < 1.29 is 4.92 Å². The summed E-state index contributed by atoms with van der Waals surface area (Å²) in [4.78, 5) is 11.3. The molecule has 0 heterocycles. The Balaban J connectivity index is 2.26. The maximum atomic E-state index is 11.6. The summed E-state index contributed by atoms with van der Waals surface area (Å²) in [5, 5.41) is 11.6. The SMILES string of the molecule is Cc1cccc(C(c2ccccc2)c2ccccc2)c1[N+](=O)[O-]. The molecule has 0 aromatic heterocycles. The Morgan fingerprint density at radius 2 is 1.30 bits per heavy atom. The summed E-state index contributed by atoms with van der Waals surface area (Å²) in [6, 6.07) is 25.4. The van der Waals surface area contributed by atoms with Gasteiger partial charge < -0.3 is 0 Å². The molecule has 3 aromatic rings. The van der Waals surface area contributed by atoms with Crippen molar-refractivity contribution in [2.75, 3.05) is 0 Å². The van der Waals surface area contributed by atoms with Crippen LogP contribution in [0.1, 0.15) is 28.2 Å². The molecular weight excluding hydrogens is 286 g/mol. The third kappa shape index (κ3) is 2.99. The van der Waals surface area contributed by atoms with Gasteiger partial charge in [0.2, 0.25) is 0 Å². The van der Waals surface area contributed by atoms with Gasteiger partial charge in [-0.3, -0.25) is 10.1 Å². The summed E-state index contributed by atoms with van der Waals surface area (Å²) in [7, 11) is 0. The highest BCUT2D eigenvalue weighted by Crippen LogP contribution is 2.38. The average Bonchev–Trinajstić information content (AvgIpc) is 2.57. The molecule has 0 N–H and O–H groups in total. The summed E-state index contributed by atoms with van der Waals surface area (Å²) in [6.45, 7) is 1.79. The van der Waals surface area contributed by atoms with E-state index in [1.165, 1.54) is 0 Å². The smallest absolute Gasteiger partial charge is 0.258 e. The van der Waals surface area contributed by atoms with Crippen LogP contribution in [0.25, 0.3) is 0 Å². The minimum absolute atomic E-state index is 0.155. The number of rotatable bonds is 4. The molecule has 0 saturated heterocycles. The van der Waals surface area contributed by atoms with Crippen molar-refractivity contribution in [3.05, 3.63) is 111 Å². The molecule has 0 atom stereocenters. The maximum Gasteiger partial charge on any atom is 0.276 e. The number of nitrogens with zero attached hydrogens (tertiary/aromatic N) is 1. The molecule has 0 aliphatic carbocycles. The minimum Gasteiger partial charge on any atom is -0.258 e. The van der Waals surface area contributed by atoms with Gasteiger partial charge in [-0.1, -0.05) is 78.9 Å². The van der Waals surface area contributed by atoms with Crippen molar-refractivity contribution in [2.45, 2.75) is 12.8 Å². The number of aryl methyl sites for hydroxylation is 1. The van der Waals surface area contributed by atoms with Gasteiger partial charge in [0.05, 0.1) is 4.92 Å². The number of benzene rings is 3. The average molecular weight is 303 g/mol. The van der Waals surface area contributed by atoms with E-state index in [1.54, 1.807) is 13.0 Å². The first-order valence-corrected chi connectivity index (χ1v) is 7.52. The fourth-order valence-corrected chi connectivity index (χ4v) is 3.01. The minimum atomic E-state index is -0.274. The van der Waals surface area contributed by atoms with E-state index in [9.17, 15) is 10.1 Å². The summed E-state index contributed by atoms with van der Waals surface area (Å²) in [5.41, 5.74) is 3.71. The standard InChI is InChI=1S/C20H17NO2/c1-15-9-8-14-18(20(15)21(22)23)19(16-10-4-2-5-11-16)17-12-6-3-7-13-17/h2-14,19H,1H3. The predicted octanol–water partition coefficient (Wildman–Crippen LogP) is 5.08. The van der Waals surface area contributed by atoms with Crippen LogP contribution >= 0.6 is 0 Å². The zero-order chi connectivity index (χ0) is 16.2. The topological polar surface area (TPSA) is 43.1 Å². The van der Waals surface area contributed by atoms with Crippen LogP contribution in [0, 0.1) is 17.0 Å². The molecular formula is C20H17NO2. The van der Waals surface area contributed by atoms with Gasteiger partial charge in [0, 0.05) is 17.0 Å². The molecule has 0 unspecified atom stereocenters. The lowest BCUT2D eigenvalue weighted by molar-refractivity contribution is -0.386. The van der Waals surface area contributed by atoms with Gasteiger partial charge >= 0.3 is 0 Å². The Kier molecular flexibility index (Phi) is 4.20. The lowest BCUT2D eigenvalue weighted by Gasteiger charge is -2.19. The summed E-state index contributed by atoms with van der Waals surface area (Å²) in [6.07, 6.45) is 0. The van der Waals surface area contributed by atoms with Crippen molar-refractivity contribution in [3.63, 3.8) is 0 Å². The molecule has 3 nitrogen and oxygen atoms in total. The Morgan fingerprint density at radius 1 is 0.783 bits per heavy atom. The number of nitro benzene ring substituents is 1. The van der Waals surface area contributed by atoms with Crippen LogP contribution in [0.15, 0.2) is 78.9 Å². The van der Waals surface area contributed by atoms with Crippen molar-refractivity contribution in [1.29, 1.82) is 0 Å². The molecule has 3 aromatic carbocycles. The molecule has 3 heteroatoms.